The Labute approximate surface area is 119 Å². The fraction of sp³-hybridized carbons (Fsp3) is 0.533. The van der Waals surface area contributed by atoms with Crippen LogP contribution in [0.2, 0.25) is 5.02 Å². The first-order valence-corrected chi connectivity index (χ1v) is 7.15. The SMILES string of the molecule is CC(O)CNC(=O)C1(c2ccc(Cl)cc2)CCCC1. The minimum absolute atomic E-state index is 0.0215. The van der Waals surface area contributed by atoms with Crippen molar-refractivity contribution in [2.75, 3.05) is 6.54 Å². The number of rotatable bonds is 4. The van der Waals surface area contributed by atoms with E-state index in [2.05, 4.69) is 5.32 Å². The maximum Gasteiger partial charge on any atom is 0.230 e. The molecule has 0 bridgehead atoms. The molecule has 1 saturated carbocycles. The molecule has 1 amide bonds. The van der Waals surface area contributed by atoms with Gasteiger partial charge in [0.15, 0.2) is 0 Å². The Morgan fingerprint density at radius 1 is 1.37 bits per heavy atom. The summed E-state index contributed by atoms with van der Waals surface area (Å²) in [5.41, 5.74) is 0.580. The van der Waals surface area contributed by atoms with E-state index in [9.17, 15) is 9.90 Å². The molecule has 104 valence electrons. The van der Waals surface area contributed by atoms with Crippen molar-refractivity contribution >= 4 is 17.5 Å². The van der Waals surface area contributed by atoms with Crippen LogP contribution >= 0.6 is 11.6 Å². The van der Waals surface area contributed by atoms with E-state index >= 15 is 0 Å². The van der Waals surface area contributed by atoms with E-state index in [1.54, 1.807) is 6.92 Å². The number of hydrogen-bond acceptors (Lipinski definition) is 2. The van der Waals surface area contributed by atoms with Crippen molar-refractivity contribution in [1.29, 1.82) is 0 Å². The molecule has 4 heteroatoms. The molecule has 1 aromatic carbocycles. The normalized spacial score (nSPS) is 19.1. The highest BCUT2D eigenvalue weighted by molar-refractivity contribution is 6.30. The van der Waals surface area contributed by atoms with Crippen molar-refractivity contribution in [3.63, 3.8) is 0 Å². The fourth-order valence-electron chi connectivity index (χ4n) is 2.80. The zero-order valence-corrected chi connectivity index (χ0v) is 11.9. The van der Waals surface area contributed by atoms with Gasteiger partial charge in [0.1, 0.15) is 0 Å². The average Bonchev–Trinajstić information content (AvgIpc) is 2.87. The van der Waals surface area contributed by atoms with Crippen LogP contribution in [0.3, 0.4) is 0 Å². The predicted octanol–water partition coefficient (Wildman–Crippen LogP) is 2.65. The van der Waals surface area contributed by atoms with E-state index < -0.39 is 11.5 Å². The molecule has 1 aliphatic rings. The Bertz CT molecular complexity index is 436. The summed E-state index contributed by atoms with van der Waals surface area (Å²) in [6, 6.07) is 7.54. The topological polar surface area (TPSA) is 49.3 Å². The van der Waals surface area contributed by atoms with Gasteiger partial charge in [-0.25, -0.2) is 0 Å². The van der Waals surface area contributed by atoms with Gasteiger partial charge in [0.05, 0.1) is 11.5 Å². The van der Waals surface area contributed by atoms with Gasteiger partial charge < -0.3 is 10.4 Å². The van der Waals surface area contributed by atoms with E-state index in [0.717, 1.165) is 31.2 Å². The second kappa shape index (κ2) is 5.93. The quantitative estimate of drug-likeness (QED) is 0.891. The lowest BCUT2D eigenvalue weighted by molar-refractivity contribution is -0.127. The van der Waals surface area contributed by atoms with Crippen LogP contribution in [0, 0.1) is 0 Å². The summed E-state index contributed by atoms with van der Waals surface area (Å²) in [4.78, 5) is 12.5. The molecule has 0 spiro atoms. The molecule has 0 radical (unpaired) electrons. The number of amides is 1. The van der Waals surface area contributed by atoms with Crippen molar-refractivity contribution in [3.8, 4) is 0 Å². The summed E-state index contributed by atoms with van der Waals surface area (Å²) in [7, 11) is 0. The first-order valence-electron chi connectivity index (χ1n) is 6.77. The molecule has 1 fully saturated rings. The standard InChI is InChI=1S/C15H20ClNO2/c1-11(18)10-17-14(19)15(8-2-3-9-15)12-4-6-13(16)7-5-12/h4-7,11,18H,2-3,8-10H2,1H3,(H,17,19). The number of benzene rings is 1. The van der Waals surface area contributed by atoms with E-state index in [1.807, 2.05) is 24.3 Å². The summed E-state index contributed by atoms with van der Waals surface area (Å²) in [6.45, 7) is 1.97. The molecule has 1 aromatic rings. The summed E-state index contributed by atoms with van der Waals surface area (Å²) in [5.74, 6) is 0.0215. The Balaban J connectivity index is 2.22. The van der Waals surface area contributed by atoms with Crippen molar-refractivity contribution in [2.24, 2.45) is 0 Å². The molecule has 1 unspecified atom stereocenters. The molecule has 0 heterocycles. The maximum absolute atomic E-state index is 12.5. The third-order valence-electron chi connectivity index (χ3n) is 3.85. The van der Waals surface area contributed by atoms with Crippen molar-refractivity contribution in [1.82, 2.24) is 5.32 Å². The van der Waals surface area contributed by atoms with Gasteiger partial charge in [0, 0.05) is 11.6 Å². The van der Waals surface area contributed by atoms with Crippen LogP contribution in [0.1, 0.15) is 38.2 Å². The predicted molar refractivity (Wildman–Crippen MR) is 76.3 cm³/mol. The number of carbonyl (C=O) groups excluding carboxylic acids is 1. The number of carbonyl (C=O) groups is 1. The van der Waals surface area contributed by atoms with Crippen molar-refractivity contribution < 1.29 is 9.90 Å². The van der Waals surface area contributed by atoms with E-state index in [4.69, 9.17) is 11.6 Å². The van der Waals surface area contributed by atoms with Gasteiger partial charge in [0.25, 0.3) is 0 Å². The molecular formula is C15H20ClNO2. The van der Waals surface area contributed by atoms with Gasteiger partial charge in [0.2, 0.25) is 5.91 Å². The Hall–Kier alpha value is -1.06. The second-order valence-corrected chi connectivity index (χ2v) is 5.79. The van der Waals surface area contributed by atoms with E-state index in [1.165, 1.54) is 0 Å². The van der Waals surface area contributed by atoms with Gasteiger partial charge >= 0.3 is 0 Å². The number of aliphatic hydroxyl groups is 1. The average molecular weight is 282 g/mol. The molecular weight excluding hydrogens is 262 g/mol. The first kappa shape index (κ1) is 14.4. The molecule has 0 saturated heterocycles. The largest absolute Gasteiger partial charge is 0.392 e. The Kier molecular flexibility index (Phi) is 4.48. The second-order valence-electron chi connectivity index (χ2n) is 5.36. The third kappa shape index (κ3) is 3.10. The van der Waals surface area contributed by atoms with Gasteiger partial charge in [-0.3, -0.25) is 4.79 Å². The Morgan fingerprint density at radius 2 is 1.95 bits per heavy atom. The highest BCUT2D eigenvalue weighted by Gasteiger charge is 2.42. The lowest BCUT2D eigenvalue weighted by atomic mass is 9.78. The zero-order valence-electron chi connectivity index (χ0n) is 11.2. The number of aliphatic hydroxyl groups excluding tert-OH is 1. The highest BCUT2D eigenvalue weighted by Crippen LogP contribution is 2.41. The van der Waals surface area contributed by atoms with Gasteiger partial charge in [-0.2, -0.15) is 0 Å². The maximum atomic E-state index is 12.5. The minimum atomic E-state index is -0.521. The fourth-order valence-corrected chi connectivity index (χ4v) is 2.93. The van der Waals surface area contributed by atoms with Crippen LogP contribution in [-0.2, 0) is 10.2 Å². The smallest absolute Gasteiger partial charge is 0.230 e. The van der Waals surface area contributed by atoms with E-state index in [0.29, 0.717) is 11.6 Å². The summed E-state index contributed by atoms with van der Waals surface area (Å²) in [5, 5.41) is 12.8. The van der Waals surface area contributed by atoms with Crippen LogP contribution in [-0.4, -0.2) is 23.7 Å². The van der Waals surface area contributed by atoms with Gasteiger partial charge in [-0.15, -0.1) is 0 Å². The number of halogens is 1. The summed E-state index contributed by atoms with van der Waals surface area (Å²) < 4.78 is 0. The molecule has 2 rings (SSSR count). The lowest BCUT2D eigenvalue weighted by Gasteiger charge is -2.28. The highest BCUT2D eigenvalue weighted by atomic mass is 35.5. The summed E-state index contributed by atoms with van der Waals surface area (Å²) in [6.07, 6.45) is 3.32. The zero-order chi connectivity index (χ0) is 13.9. The van der Waals surface area contributed by atoms with Crippen LogP contribution < -0.4 is 5.32 Å². The van der Waals surface area contributed by atoms with Gasteiger partial charge in [-0.1, -0.05) is 36.6 Å². The number of nitrogens with one attached hydrogen (secondary N) is 1. The van der Waals surface area contributed by atoms with Crippen LogP contribution in [0.25, 0.3) is 0 Å². The molecule has 2 N–H and O–H groups in total. The molecule has 1 aliphatic carbocycles. The number of hydrogen-bond donors (Lipinski definition) is 2. The van der Waals surface area contributed by atoms with Crippen LogP contribution in [0.15, 0.2) is 24.3 Å². The van der Waals surface area contributed by atoms with Crippen molar-refractivity contribution in [2.45, 2.75) is 44.1 Å². The van der Waals surface area contributed by atoms with Crippen molar-refractivity contribution in [3.05, 3.63) is 34.9 Å². The summed E-state index contributed by atoms with van der Waals surface area (Å²) >= 11 is 5.91. The third-order valence-corrected chi connectivity index (χ3v) is 4.10. The molecule has 0 aliphatic heterocycles. The molecule has 3 nitrogen and oxygen atoms in total. The van der Waals surface area contributed by atoms with E-state index in [-0.39, 0.29) is 5.91 Å². The monoisotopic (exact) mass is 281 g/mol. The lowest BCUT2D eigenvalue weighted by Crippen LogP contribution is -2.44. The Morgan fingerprint density at radius 3 is 2.47 bits per heavy atom. The molecule has 0 aromatic heterocycles. The van der Waals surface area contributed by atoms with Crippen LogP contribution in [0.5, 0.6) is 0 Å². The van der Waals surface area contributed by atoms with Gasteiger partial charge in [-0.05, 0) is 37.5 Å². The molecule has 19 heavy (non-hydrogen) atoms. The minimum Gasteiger partial charge on any atom is -0.392 e. The van der Waals surface area contributed by atoms with Crippen LogP contribution in [0.4, 0.5) is 0 Å². The molecule has 1 atom stereocenters. The first-order chi connectivity index (χ1) is 9.04.